The summed E-state index contributed by atoms with van der Waals surface area (Å²) in [7, 11) is 1.42. The lowest BCUT2D eigenvalue weighted by atomic mass is 10.1. The zero-order valence-electron chi connectivity index (χ0n) is 7.96. The van der Waals surface area contributed by atoms with E-state index in [1.54, 1.807) is 6.07 Å². The first-order chi connectivity index (χ1) is 7.15. The number of nitrogens with two attached hydrogens (primary N) is 1. The van der Waals surface area contributed by atoms with Crippen molar-refractivity contribution in [2.24, 2.45) is 0 Å². The highest BCUT2D eigenvalue weighted by molar-refractivity contribution is 5.95. The van der Waals surface area contributed by atoms with E-state index in [4.69, 9.17) is 10.5 Å². The molecule has 0 saturated heterocycles. The molecule has 0 unspecified atom stereocenters. The van der Waals surface area contributed by atoms with Gasteiger partial charge in [0.1, 0.15) is 5.75 Å². The second kappa shape index (κ2) is 3.16. The molecule has 0 spiro atoms. The van der Waals surface area contributed by atoms with Gasteiger partial charge in [0, 0.05) is 5.69 Å². The van der Waals surface area contributed by atoms with Gasteiger partial charge in [-0.25, -0.2) is 0 Å². The average molecular weight is 207 g/mol. The molecule has 1 aromatic carbocycles. The smallest absolute Gasteiger partial charge is 0.274 e. The maximum atomic E-state index is 11.5. The molecule has 0 fully saturated rings. The van der Waals surface area contributed by atoms with Crippen LogP contribution in [-0.4, -0.2) is 17.3 Å². The minimum atomic E-state index is -0.444. The summed E-state index contributed by atoms with van der Waals surface area (Å²) in [6.07, 6.45) is 0. The minimum Gasteiger partial charge on any atom is -0.496 e. The van der Waals surface area contributed by atoms with Crippen molar-refractivity contribution >= 4 is 16.5 Å². The number of rotatable bonds is 1. The summed E-state index contributed by atoms with van der Waals surface area (Å²) < 4.78 is 4.99. The normalized spacial score (nSPS) is 10.5. The van der Waals surface area contributed by atoms with Crippen LogP contribution in [0.1, 0.15) is 0 Å². The first-order valence-corrected chi connectivity index (χ1v) is 4.22. The van der Waals surface area contributed by atoms with E-state index in [0.717, 1.165) is 0 Å². The maximum absolute atomic E-state index is 11.5. The van der Waals surface area contributed by atoms with Crippen molar-refractivity contribution < 1.29 is 4.74 Å². The Kier molecular flexibility index (Phi) is 1.96. The van der Waals surface area contributed by atoms with Gasteiger partial charge in [-0.3, -0.25) is 19.8 Å². The largest absolute Gasteiger partial charge is 0.496 e. The van der Waals surface area contributed by atoms with Gasteiger partial charge in [0.15, 0.2) is 0 Å². The van der Waals surface area contributed by atoms with Gasteiger partial charge >= 0.3 is 0 Å². The van der Waals surface area contributed by atoms with Crippen LogP contribution in [0.2, 0.25) is 0 Å². The fraction of sp³-hybridized carbons (Fsp3) is 0.111. The van der Waals surface area contributed by atoms with Crippen molar-refractivity contribution in [1.82, 2.24) is 10.2 Å². The monoisotopic (exact) mass is 207 g/mol. The van der Waals surface area contributed by atoms with Crippen LogP contribution in [0.4, 0.5) is 5.69 Å². The third kappa shape index (κ3) is 1.26. The van der Waals surface area contributed by atoms with Crippen LogP contribution in [0.25, 0.3) is 10.8 Å². The molecule has 0 bridgehead atoms. The molecule has 0 atom stereocenters. The van der Waals surface area contributed by atoms with Crippen LogP contribution in [0.5, 0.6) is 5.75 Å². The molecule has 0 amide bonds. The second-order valence-electron chi connectivity index (χ2n) is 3.02. The molecule has 1 heterocycles. The standard InChI is InChI=1S/C9H9N3O3/c1-15-5-3-2-4(10)6-7(5)9(14)12-11-8(6)13/h2-3H,10H2,1H3,(H,11,13)(H,12,14). The van der Waals surface area contributed by atoms with Gasteiger partial charge in [-0.1, -0.05) is 0 Å². The number of aromatic nitrogens is 2. The van der Waals surface area contributed by atoms with Crippen molar-refractivity contribution in [3.05, 3.63) is 32.8 Å². The second-order valence-corrected chi connectivity index (χ2v) is 3.02. The molecule has 2 aromatic rings. The summed E-state index contributed by atoms with van der Waals surface area (Å²) in [6, 6.07) is 3.07. The minimum absolute atomic E-state index is 0.151. The Hall–Kier alpha value is -2.24. The van der Waals surface area contributed by atoms with E-state index in [2.05, 4.69) is 10.2 Å². The Morgan fingerprint density at radius 3 is 2.33 bits per heavy atom. The van der Waals surface area contributed by atoms with Crippen molar-refractivity contribution in [3.63, 3.8) is 0 Å². The fourth-order valence-corrected chi connectivity index (χ4v) is 1.48. The predicted molar refractivity (Wildman–Crippen MR) is 56.2 cm³/mol. The molecule has 0 saturated carbocycles. The summed E-state index contributed by atoms with van der Waals surface area (Å²) >= 11 is 0. The van der Waals surface area contributed by atoms with E-state index < -0.39 is 11.1 Å². The molecule has 0 aliphatic carbocycles. The number of H-pyrrole nitrogens is 2. The number of nitrogens with one attached hydrogen (secondary N) is 2. The zero-order chi connectivity index (χ0) is 11.0. The van der Waals surface area contributed by atoms with Gasteiger partial charge in [-0.2, -0.15) is 0 Å². The van der Waals surface area contributed by atoms with Crippen molar-refractivity contribution in [2.75, 3.05) is 12.8 Å². The van der Waals surface area contributed by atoms with Crippen molar-refractivity contribution in [1.29, 1.82) is 0 Å². The number of nitrogen functional groups attached to an aromatic ring is 1. The van der Waals surface area contributed by atoms with Crippen LogP contribution >= 0.6 is 0 Å². The Labute approximate surface area is 83.7 Å². The molecule has 1 aromatic heterocycles. The summed E-state index contributed by atoms with van der Waals surface area (Å²) in [5.41, 5.74) is 4.99. The Morgan fingerprint density at radius 2 is 1.73 bits per heavy atom. The van der Waals surface area contributed by atoms with Crippen molar-refractivity contribution in [2.45, 2.75) is 0 Å². The number of fused-ring (bicyclic) bond motifs is 1. The lowest BCUT2D eigenvalue weighted by Gasteiger charge is -2.05. The van der Waals surface area contributed by atoms with Crippen LogP contribution < -0.4 is 21.6 Å². The first kappa shape index (κ1) is 9.32. The summed E-state index contributed by atoms with van der Waals surface area (Å²) in [5, 5.41) is 4.74. The van der Waals surface area contributed by atoms with E-state index in [-0.39, 0.29) is 16.5 Å². The highest BCUT2D eigenvalue weighted by Crippen LogP contribution is 2.23. The number of methoxy groups -OCH3 is 1. The number of hydrogen-bond acceptors (Lipinski definition) is 4. The van der Waals surface area contributed by atoms with E-state index in [1.807, 2.05) is 0 Å². The van der Waals surface area contributed by atoms with E-state index >= 15 is 0 Å². The predicted octanol–water partition coefficient (Wildman–Crippen LogP) is -0.193. The summed E-state index contributed by atoms with van der Waals surface area (Å²) in [5.74, 6) is 0.326. The zero-order valence-corrected chi connectivity index (χ0v) is 7.96. The quantitative estimate of drug-likeness (QED) is 0.564. The molecular weight excluding hydrogens is 198 g/mol. The summed E-state index contributed by atoms with van der Waals surface area (Å²) in [6.45, 7) is 0. The van der Waals surface area contributed by atoms with Gasteiger partial charge in [0.05, 0.1) is 17.9 Å². The van der Waals surface area contributed by atoms with E-state index in [9.17, 15) is 9.59 Å². The molecule has 0 aliphatic rings. The SMILES string of the molecule is COc1ccc(N)c2c(=O)[nH][nH]c(=O)c12. The van der Waals surface area contributed by atoms with Crippen LogP contribution in [-0.2, 0) is 0 Å². The number of ether oxygens (including phenoxy) is 1. The Morgan fingerprint density at radius 1 is 1.13 bits per heavy atom. The number of hydrogen-bond donors (Lipinski definition) is 3. The average Bonchev–Trinajstić information content (AvgIpc) is 2.23. The fourth-order valence-electron chi connectivity index (χ4n) is 1.48. The van der Waals surface area contributed by atoms with E-state index in [0.29, 0.717) is 5.75 Å². The first-order valence-electron chi connectivity index (χ1n) is 4.22. The third-order valence-corrected chi connectivity index (χ3v) is 2.16. The summed E-state index contributed by atoms with van der Waals surface area (Å²) in [4.78, 5) is 23.0. The Balaban J connectivity index is 3.13. The lowest BCUT2D eigenvalue weighted by Crippen LogP contribution is -2.20. The van der Waals surface area contributed by atoms with Gasteiger partial charge < -0.3 is 10.5 Å². The molecule has 6 heteroatoms. The van der Waals surface area contributed by atoms with Gasteiger partial charge in [0.25, 0.3) is 11.1 Å². The van der Waals surface area contributed by atoms with Crippen molar-refractivity contribution in [3.8, 4) is 5.75 Å². The number of anilines is 1. The van der Waals surface area contributed by atoms with E-state index in [1.165, 1.54) is 13.2 Å². The highest BCUT2D eigenvalue weighted by Gasteiger charge is 2.11. The van der Waals surface area contributed by atoms with Gasteiger partial charge in [-0.05, 0) is 12.1 Å². The molecule has 0 radical (unpaired) electrons. The molecule has 15 heavy (non-hydrogen) atoms. The maximum Gasteiger partial charge on any atom is 0.274 e. The molecule has 78 valence electrons. The molecular formula is C9H9N3O3. The lowest BCUT2D eigenvalue weighted by molar-refractivity contribution is 0.419. The van der Waals surface area contributed by atoms with Crippen LogP contribution in [0, 0.1) is 0 Å². The van der Waals surface area contributed by atoms with Crippen LogP contribution in [0.15, 0.2) is 21.7 Å². The number of benzene rings is 1. The molecule has 2 rings (SSSR count). The number of aromatic amines is 2. The molecule has 6 nitrogen and oxygen atoms in total. The van der Waals surface area contributed by atoms with Gasteiger partial charge in [-0.15, -0.1) is 0 Å². The van der Waals surface area contributed by atoms with Crippen LogP contribution in [0.3, 0.4) is 0 Å². The molecule has 0 aliphatic heterocycles. The molecule has 4 N–H and O–H groups in total. The Bertz CT molecular complexity index is 627. The van der Waals surface area contributed by atoms with Gasteiger partial charge in [0.2, 0.25) is 0 Å². The third-order valence-electron chi connectivity index (χ3n) is 2.16. The highest BCUT2D eigenvalue weighted by atomic mass is 16.5. The topological polar surface area (TPSA) is 101 Å².